The topological polar surface area (TPSA) is 72.2 Å². The van der Waals surface area contributed by atoms with Crippen molar-refractivity contribution in [3.63, 3.8) is 0 Å². The molecule has 15 heavy (non-hydrogen) atoms. The summed E-state index contributed by atoms with van der Waals surface area (Å²) in [7, 11) is -3.06. The molecule has 0 spiro atoms. The third-order valence-electron chi connectivity index (χ3n) is 1.84. The van der Waals surface area contributed by atoms with E-state index in [-0.39, 0.29) is 5.75 Å². The van der Waals surface area contributed by atoms with E-state index in [1.54, 1.807) is 0 Å². The van der Waals surface area contributed by atoms with Gasteiger partial charge in [-0.05, 0) is 13.0 Å². The molecule has 0 atom stereocenters. The SMILES string of the molecule is CCCNCc1ncoc1CS(C)(=O)=O. The highest BCUT2D eigenvalue weighted by atomic mass is 32.2. The first-order valence-corrected chi connectivity index (χ1v) is 6.88. The fraction of sp³-hybridized carbons (Fsp3) is 0.667. The van der Waals surface area contributed by atoms with Gasteiger partial charge in [0.15, 0.2) is 16.2 Å². The first kappa shape index (κ1) is 12.2. The zero-order valence-electron chi connectivity index (χ0n) is 8.99. The fourth-order valence-corrected chi connectivity index (χ4v) is 1.89. The number of rotatable bonds is 6. The Balaban J connectivity index is 2.61. The normalized spacial score (nSPS) is 11.9. The van der Waals surface area contributed by atoms with Gasteiger partial charge in [-0.25, -0.2) is 13.4 Å². The van der Waals surface area contributed by atoms with Crippen LogP contribution < -0.4 is 5.32 Å². The van der Waals surface area contributed by atoms with Gasteiger partial charge in [-0.1, -0.05) is 6.92 Å². The standard InChI is InChI=1S/C9H16N2O3S/c1-3-4-10-5-8-9(14-7-11-8)6-15(2,12)13/h7,10H,3-6H2,1-2H3. The van der Waals surface area contributed by atoms with Crippen LogP contribution in [-0.2, 0) is 22.1 Å². The van der Waals surface area contributed by atoms with Gasteiger partial charge in [0.25, 0.3) is 0 Å². The van der Waals surface area contributed by atoms with Crippen LogP contribution >= 0.6 is 0 Å². The van der Waals surface area contributed by atoms with Crippen LogP contribution in [0, 0.1) is 0 Å². The van der Waals surface area contributed by atoms with Crippen molar-refractivity contribution in [1.29, 1.82) is 0 Å². The van der Waals surface area contributed by atoms with Crippen molar-refractivity contribution in [1.82, 2.24) is 10.3 Å². The third kappa shape index (κ3) is 4.44. The summed E-state index contributed by atoms with van der Waals surface area (Å²) in [5, 5.41) is 3.15. The molecule has 0 unspecified atom stereocenters. The Morgan fingerprint density at radius 2 is 2.27 bits per heavy atom. The third-order valence-corrected chi connectivity index (χ3v) is 2.62. The van der Waals surface area contributed by atoms with Gasteiger partial charge in [0, 0.05) is 12.8 Å². The van der Waals surface area contributed by atoms with E-state index in [1.807, 2.05) is 0 Å². The molecule has 1 N–H and O–H groups in total. The zero-order valence-corrected chi connectivity index (χ0v) is 9.80. The van der Waals surface area contributed by atoms with Gasteiger partial charge in [-0.15, -0.1) is 0 Å². The molecule has 0 bridgehead atoms. The summed E-state index contributed by atoms with van der Waals surface area (Å²) >= 11 is 0. The molecule has 1 aromatic heterocycles. The second kappa shape index (κ2) is 5.27. The quantitative estimate of drug-likeness (QED) is 0.732. The number of aromatic nitrogens is 1. The van der Waals surface area contributed by atoms with Crippen LogP contribution in [0.1, 0.15) is 24.8 Å². The largest absolute Gasteiger partial charge is 0.447 e. The first-order chi connectivity index (χ1) is 7.03. The molecule has 0 amide bonds. The Hall–Kier alpha value is -0.880. The summed E-state index contributed by atoms with van der Waals surface area (Å²) in [4.78, 5) is 3.98. The molecule has 1 heterocycles. The van der Waals surface area contributed by atoms with Gasteiger partial charge in [0.1, 0.15) is 11.5 Å². The molecule has 6 heteroatoms. The molecular formula is C9H16N2O3S. The summed E-state index contributed by atoms with van der Waals surface area (Å²) in [6, 6.07) is 0. The predicted molar refractivity (Wildman–Crippen MR) is 57.0 cm³/mol. The maximum absolute atomic E-state index is 11.1. The second-order valence-corrected chi connectivity index (χ2v) is 5.61. The Morgan fingerprint density at radius 3 is 2.87 bits per heavy atom. The maximum atomic E-state index is 11.1. The lowest BCUT2D eigenvalue weighted by atomic mass is 10.3. The molecular weight excluding hydrogens is 216 g/mol. The van der Waals surface area contributed by atoms with Crippen molar-refractivity contribution < 1.29 is 12.8 Å². The van der Waals surface area contributed by atoms with E-state index in [0.717, 1.165) is 13.0 Å². The average Bonchev–Trinajstić information content (AvgIpc) is 2.50. The molecule has 0 aromatic carbocycles. The molecule has 0 radical (unpaired) electrons. The summed E-state index contributed by atoms with van der Waals surface area (Å²) in [6.07, 6.45) is 3.49. The monoisotopic (exact) mass is 232 g/mol. The summed E-state index contributed by atoms with van der Waals surface area (Å²) in [6.45, 7) is 3.49. The minimum Gasteiger partial charge on any atom is -0.447 e. The van der Waals surface area contributed by atoms with E-state index in [4.69, 9.17) is 4.42 Å². The van der Waals surface area contributed by atoms with Gasteiger partial charge in [-0.3, -0.25) is 0 Å². The minimum atomic E-state index is -3.06. The molecule has 0 aliphatic carbocycles. The van der Waals surface area contributed by atoms with Crippen LogP contribution in [0.2, 0.25) is 0 Å². The first-order valence-electron chi connectivity index (χ1n) is 4.82. The molecule has 0 saturated heterocycles. The molecule has 1 rings (SSSR count). The number of hydrogen-bond acceptors (Lipinski definition) is 5. The van der Waals surface area contributed by atoms with Gasteiger partial charge in [-0.2, -0.15) is 0 Å². The van der Waals surface area contributed by atoms with Crippen LogP contribution in [0.3, 0.4) is 0 Å². The summed E-state index contributed by atoms with van der Waals surface area (Å²) in [5.74, 6) is 0.344. The molecule has 86 valence electrons. The van der Waals surface area contributed by atoms with E-state index in [2.05, 4.69) is 17.2 Å². The van der Waals surface area contributed by atoms with Crippen LogP contribution in [-0.4, -0.2) is 26.2 Å². The number of nitrogens with zero attached hydrogens (tertiary/aromatic N) is 1. The second-order valence-electron chi connectivity index (χ2n) is 3.47. The predicted octanol–water partition coefficient (Wildman–Crippen LogP) is 0.719. The van der Waals surface area contributed by atoms with Crippen LogP contribution in [0.15, 0.2) is 10.8 Å². The van der Waals surface area contributed by atoms with Crippen molar-refractivity contribution in [2.75, 3.05) is 12.8 Å². The molecule has 5 nitrogen and oxygen atoms in total. The van der Waals surface area contributed by atoms with E-state index in [0.29, 0.717) is 18.0 Å². The van der Waals surface area contributed by atoms with Crippen LogP contribution in [0.4, 0.5) is 0 Å². The van der Waals surface area contributed by atoms with Crippen LogP contribution in [0.5, 0.6) is 0 Å². The summed E-state index contributed by atoms with van der Waals surface area (Å²) in [5.41, 5.74) is 0.675. The Bertz CT molecular complexity index is 397. The van der Waals surface area contributed by atoms with Gasteiger partial charge in [0.2, 0.25) is 0 Å². The lowest BCUT2D eigenvalue weighted by Gasteiger charge is -2.01. The molecule has 1 aromatic rings. The van der Waals surface area contributed by atoms with Crippen molar-refractivity contribution in [2.24, 2.45) is 0 Å². The zero-order chi connectivity index (χ0) is 11.3. The Kier molecular flexibility index (Phi) is 4.28. The fourth-order valence-electron chi connectivity index (χ4n) is 1.18. The Labute approximate surface area is 89.8 Å². The number of hydrogen-bond donors (Lipinski definition) is 1. The smallest absolute Gasteiger partial charge is 0.181 e. The van der Waals surface area contributed by atoms with E-state index >= 15 is 0 Å². The van der Waals surface area contributed by atoms with Gasteiger partial charge in [0.05, 0.1) is 5.69 Å². The van der Waals surface area contributed by atoms with Gasteiger partial charge >= 0.3 is 0 Å². The van der Waals surface area contributed by atoms with E-state index in [9.17, 15) is 8.42 Å². The van der Waals surface area contributed by atoms with E-state index < -0.39 is 9.84 Å². The van der Waals surface area contributed by atoms with E-state index in [1.165, 1.54) is 12.6 Å². The van der Waals surface area contributed by atoms with Crippen molar-refractivity contribution in [3.8, 4) is 0 Å². The highest BCUT2D eigenvalue weighted by molar-refractivity contribution is 7.89. The van der Waals surface area contributed by atoms with Crippen molar-refractivity contribution in [3.05, 3.63) is 17.8 Å². The highest BCUT2D eigenvalue weighted by Crippen LogP contribution is 2.10. The number of nitrogens with one attached hydrogen (secondary N) is 1. The molecule has 0 saturated carbocycles. The molecule has 0 aliphatic rings. The lowest BCUT2D eigenvalue weighted by Crippen LogP contribution is -2.15. The number of sulfone groups is 1. The summed E-state index contributed by atoms with van der Waals surface area (Å²) < 4.78 is 27.2. The molecule has 0 aliphatic heterocycles. The van der Waals surface area contributed by atoms with Crippen LogP contribution in [0.25, 0.3) is 0 Å². The number of oxazole rings is 1. The molecule has 0 fully saturated rings. The minimum absolute atomic E-state index is 0.0872. The van der Waals surface area contributed by atoms with Crippen molar-refractivity contribution >= 4 is 9.84 Å². The van der Waals surface area contributed by atoms with Crippen molar-refractivity contribution in [2.45, 2.75) is 25.6 Å². The Morgan fingerprint density at radius 1 is 1.53 bits per heavy atom. The lowest BCUT2D eigenvalue weighted by molar-refractivity contribution is 0.511. The maximum Gasteiger partial charge on any atom is 0.181 e. The highest BCUT2D eigenvalue weighted by Gasteiger charge is 2.13. The van der Waals surface area contributed by atoms with Gasteiger partial charge < -0.3 is 9.73 Å². The average molecular weight is 232 g/mol.